The van der Waals surface area contributed by atoms with Gasteiger partial charge in [0.1, 0.15) is 19.0 Å². The third-order valence-electron chi connectivity index (χ3n) is 2.12. The number of aryl methyl sites for hydroxylation is 1. The number of aromatic amines is 2. The van der Waals surface area contributed by atoms with Crippen molar-refractivity contribution in [1.82, 2.24) is 9.97 Å². The second-order valence-corrected chi connectivity index (χ2v) is 3.25. The van der Waals surface area contributed by atoms with Crippen LogP contribution in [0.1, 0.15) is 5.69 Å². The molecule has 0 unspecified atom stereocenters. The van der Waals surface area contributed by atoms with E-state index in [1.54, 1.807) is 0 Å². The average molecular weight is 233 g/mol. The summed E-state index contributed by atoms with van der Waals surface area (Å²) >= 11 is 0. The molecule has 7 heteroatoms. The number of nitrogens with zero attached hydrogens (tertiary/aromatic N) is 1. The van der Waals surface area contributed by atoms with Crippen molar-refractivity contribution >= 4 is 5.69 Å². The topological polar surface area (TPSA) is 69.0 Å². The summed E-state index contributed by atoms with van der Waals surface area (Å²) in [6, 6.07) is 0. The second-order valence-electron chi connectivity index (χ2n) is 3.25. The van der Waals surface area contributed by atoms with Crippen molar-refractivity contribution in [3.8, 4) is 0 Å². The molecule has 2 N–H and O–H groups in total. The molecule has 0 radical (unpaired) electrons. The highest BCUT2D eigenvalue weighted by Gasteiger charge is 2.14. The predicted octanol–water partition coefficient (Wildman–Crippen LogP) is 0.117. The van der Waals surface area contributed by atoms with E-state index in [9.17, 15) is 18.4 Å². The van der Waals surface area contributed by atoms with Gasteiger partial charge in [-0.2, -0.15) is 0 Å². The number of H-pyrrole nitrogens is 2. The molecule has 0 aromatic carbocycles. The normalized spacial score (nSPS) is 10.4. The van der Waals surface area contributed by atoms with Crippen LogP contribution in [0.25, 0.3) is 0 Å². The molecule has 90 valence electrons. The third kappa shape index (κ3) is 2.68. The van der Waals surface area contributed by atoms with Crippen LogP contribution in [0.3, 0.4) is 0 Å². The van der Waals surface area contributed by atoms with Crippen LogP contribution >= 0.6 is 0 Å². The van der Waals surface area contributed by atoms with Crippen molar-refractivity contribution in [2.24, 2.45) is 0 Å². The summed E-state index contributed by atoms with van der Waals surface area (Å²) < 4.78 is 24.5. The van der Waals surface area contributed by atoms with Gasteiger partial charge in [0, 0.05) is 18.8 Å². The summed E-state index contributed by atoms with van der Waals surface area (Å²) in [4.78, 5) is 28.1. The Kier molecular flexibility index (Phi) is 4.21. The van der Waals surface area contributed by atoms with Gasteiger partial charge in [-0.15, -0.1) is 0 Å². The molecule has 1 aromatic heterocycles. The largest absolute Gasteiger partial charge is 0.360 e. The average Bonchev–Trinajstić information content (AvgIpc) is 2.16. The highest BCUT2D eigenvalue weighted by atomic mass is 19.1. The van der Waals surface area contributed by atoms with E-state index in [0.717, 1.165) is 0 Å². The highest BCUT2D eigenvalue weighted by molar-refractivity contribution is 5.47. The van der Waals surface area contributed by atoms with Gasteiger partial charge in [0.25, 0.3) is 5.56 Å². The van der Waals surface area contributed by atoms with Crippen LogP contribution in [0.4, 0.5) is 14.5 Å². The molecule has 1 heterocycles. The highest BCUT2D eigenvalue weighted by Crippen LogP contribution is 2.10. The van der Waals surface area contributed by atoms with Crippen molar-refractivity contribution in [2.45, 2.75) is 6.92 Å². The molecular weight excluding hydrogens is 220 g/mol. The van der Waals surface area contributed by atoms with E-state index < -0.39 is 24.6 Å². The van der Waals surface area contributed by atoms with Gasteiger partial charge < -0.3 is 9.88 Å². The van der Waals surface area contributed by atoms with Crippen LogP contribution in [0.5, 0.6) is 0 Å². The minimum atomic E-state index is -0.696. The molecule has 16 heavy (non-hydrogen) atoms. The van der Waals surface area contributed by atoms with Gasteiger partial charge >= 0.3 is 5.69 Å². The lowest BCUT2D eigenvalue weighted by atomic mass is 10.3. The fourth-order valence-corrected chi connectivity index (χ4v) is 1.51. The first-order valence-electron chi connectivity index (χ1n) is 4.80. The minimum Gasteiger partial charge on any atom is -0.360 e. The summed E-state index contributed by atoms with van der Waals surface area (Å²) in [6.07, 6.45) is 0. The summed E-state index contributed by atoms with van der Waals surface area (Å²) in [7, 11) is 0. The van der Waals surface area contributed by atoms with E-state index in [-0.39, 0.29) is 18.8 Å². The van der Waals surface area contributed by atoms with Gasteiger partial charge in [-0.25, -0.2) is 13.6 Å². The molecule has 0 aliphatic carbocycles. The molecule has 0 aliphatic heterocycles. The molecule has 0 atom stereocenters. The van der Waals surface area contributed by atoms with Gasteiger partial charge in [-0.1, -0.05) is 0 Å². The van der Waals surface area contributed by atoms with E-state index >= 15 is 0 Å². The van der Waals surface area contributed by atoms with Crippen molar-refractivity contribution in [3.05, 3.63) is 26.5 Å². The third-order valence-corrected chi connectivity index (χ3v) is 2.12. The summed E-state index contributed by atoms with van der Waals surface area (Å²) in [5.41, 5.74) is -0.861. The molecule has 0 saturated heterocycles. The standard InChI is InChI=1S/C9H13F2N3O2/c1-6-7(8(15)13-9(16)12-6)14(4-2-10)5-3-11/h2-5H2,1H3,(H2,12,13,15,16). The zero-order valence-corrected chi connectivity index (χ0v) is 8.85. The Morgan fingerprint density at radius 2 is 1.69 bits per heavy atom. The van der Waals surface area contributed by atoms with Crippen LogP contribution < -0.4 is 16.1 Å². The Morgan fingerprint density at radius 3 is 2.12 bits per heavy atom. The van der Waals surface area contributed by atoms with Crippen LogP contribution in [0, 0.1) is 6.92 Å². The monoisotopic (exact) mass is 233 g/mol. The van der Waals surface area contributed by atoms with Crippen molar-refractivity contribution in [1.29, 1.82) is 0 Å². The lowest BCUT2D eigenvalue weighted by Gasteiger charge is -2.22. The number of rotatable bonds is 5. The van der Waals surface area contributed by atoms with E-state index in [1.807, 2.05) is 4.98 Å². The van der Waals surface area contributed by atoms with Gasteiger partial charge in [-0.3, -0.25) is 9.78 Å². The van der Waals surface area contributed by atoms with Crippen LogP contribution in [0.2, 0.25) is 0 Å². The maximum Gasteiger partial charge on any atom is 0.326 e. The lowest BCUT2D eigenvalue weighted by Crippen LogP contribution is -2.36. The van der Waals surface area contributed by atoms with Crippen molar-refractivity contribution in [3.63, 3.8) is 0 Å². The smallest absolute Gasteiger partial charge is 0.326 e. The first-order valence-corrected chi connectivity index (χ1v) is 4.80. The Balaban J connectivity index is 3.18. The fraction of sp³-hybridized carbons (Fsp3) is 0.556. The van der Waals surface area contributed by atoms with Gasteiger partial charge in [0.2, 0.25) is 0 Å². The van der Waals surface area contributed by atoms with Crippen molar-refractivity contribution < 1.29 is 8.78 Å². The number of nitrogens with one attached hydrogen (secondary N) is 2. The summed E-state index contributed by atoms with van der Waals surface area (Å²) in [6.45, 7) is -0.0504. The Labute approximate surface area is 90.1 Å². The molecule has 0 saturated carbocycles. The zero-order chi connectivity index (χ0) is 12.1. The molecule has 0 amide bonds. The number of hydrogen-bond acceptors (Lipinski definition) is 3. The van der Waals surface area contributed by atoms with Gasteiger partial charge in [-0.05, 0) is 6.92 Å². The molecule has 0 spiro atoms. The second kappa shape index (κ2) is 5.43. The number of halogens is 2. The van der Waals surface area contributed by atoms with Gasteiger partial charge in [0.05, 0.1) is 0 Å². The molecule has 1 rings (SSSR count). The maximum absolute atomic E-state index is 12.2. The molecule has 1 aromatic rings. The Hall–Kier alpha value is -1.66. The number of aromatic nitrogens is 2. The Bertz CT molecular complexity index is 449. The van der Waals surface area contributed by atoms with Gasteiger partial charge in [0.15, 0.2) is 0 Å². The first kappa shape index (κ1) is 12.4. The van der Waals surface area contributed by atoms with Crippen LogP contribution in [-0.4, -0.2) is 36.4 Å². The molecule has 5 nitrogen and oxygen atoms in total. The zero-order valence-electron chi connectivity index (χ0n) is 8.85. The molecule has 0 aliphatic rings. The maximum atomic E-state index is 12.2. The SMILES string of the molecule is Cc1[nH]c(=O)[nH]c(=O)c1N(CCF)CCF. The van der Waals surface area contributed by atoms with E-state index in [1.165, 1.54) is 11.8 Å². The van der Waals surface area contributed by atoms with E-state index in [0.29, 0.717) is 5.69 Å². The number of alkyl halides is 2. The fourth-order valence-electron chi connectivity index (χ4n) is 1.51. The Morgan fingerprint density at radius 1 is 1.12 bits per heavy atom. The molecule has 0 fully saturated rings. The lowest BCUT2D eigenvalue weighted by molar-refractivity contribution is 0.457. The summed E-state index contributed by atoms with van der Waals surface area (Å²) in [5, 5.41) is 0. The molecular formula is C9H13F2N3O2. The van der Waals surface area contributed by atoms with Crippen molar-refractivity contribution in [2.75, 3.05) is 31.3 Å². The summed E-state index contributed by atoms with van der Waals surface area (Å²) in [5.74, 6) is 0. The van der Waals surface area contributed by atoms with E-state index in [4.69, 9.17) is 0 Å². The first-order chi connectivity index (χ1) is 7.60. The van der Waals surface area contributed by atoms with E-state index in [2.05, 4.69) is 4.98 Å². The minimum absolute atomic E-state index is 0.0834. The number of anilines is 1. The number of hydrogen-bond donors (Lipinski definition) is 2. The predicted molar refractivity (Wildman–Crippen MR) is 56.6 cm³/mol. The van der Waals surface area contributed by atoms with Crippen LogP contribution in [0.15, 0.2) is 9.59 Å². The quantitative estimate of drug-likeness (QED) is 0.758. The molecule has 0 bridgehead atoms. The van der Waals surface area contributed by atoms with Crippen LogP contribution in [-0.2, 0) is 0 Å².